The molecule has 1 N–H and O–H groups in total. The number of aryl methyl sites for hydroxylation is 1. The number of hydrogen-bond donors (Lipinski definition) is 1. The monoisotopic (exact) mass is 386 g/mol. The summed E-state index contributed by atoms with van der Waals surface area (Å²) < 4.78 is 0. The summed E-state index contributed by atoms with van der Waals surface area (Å²) in [6.07, 6.45) is 18.2. The summed E-state index contributed by atoms with van der Waals surface area (Å²) in [6, 6.07) is 7.58. The van der Waals surface area contributed by atoms with Crippen molar-refractivity contribution in [3.05, 3.63) is 47.0 Å². The van der Waals surface area contributed by atoms with Crippen LogP contribution in [0.1, 0.15) is 107 Å². The summed E-state index contributed by atoms with van der Waals surface area (Å²) in [7, 11) is 0. The first-order chi connectivity index (χ1) is 13.5. The number of benzene rings is 1. The molecule has 0 radical (unpaired) electrons. The lowest BCUT2D eigenvalue weighted by atomic mass is 10.00. The van der Waals surface area contributed by atoms with Crippen molar-refractivity contribution in [2.45, 2.75) is 97.3 Å². The van der Waals surface area contributed by atoms with Crippen molar-refractivity contribution >= 4 is 11.8 Å². The molecule has 0 spiro atoms. The maximum Gasteiger partial charge on any atom is 0.328 e. The minimum atomic E-state index is -1.09. The third-order valence-electron chi connectivity index (χ3n) is 5.23. The molecule has 3 heteroatoms. The van der Waals surface area contributed by atoms with Gasteiger partial charge in [0.05, 0.1) is 0 Å². The van der Waals surface area contributed by atoms with Crippen LogP contribution in [0.5, 0.6) is 0 Å². The molecule has 0 saturated carbocycles. The second-order valence-electron chi connectivity index (χ2n) is 7.83. The molecule has 1 aromatic rings. The van der Waals surface area contributed by atoms with Crippen LogP contribution in [0, 0.1) is 0 Å². The molecule has 0 bridgehead atoms. The summed E-state index contributed by atoms with van der Waals surface area (Å²) in [4.78, 5) is 22.8. The molecule has 0 aliphatic heterocycles. The zero-order valence-corrected chi connectivity index (χ0v) is 17.8. The van der Waals surface area contributed by atoms with Gasteiger partial charge in [-0.3, -0.25) is 4.79 Å². The molecule has 0 heterocycles. The Morgan fingerprint density at radius 1 is 0.786 bits per heavy atom. The van der Waals surface area contributed by atoms with Gasteiger partial charge in [0.2, 0.25) is 0 Å². The number of carboxylic acid groups (broad SMARTS) is 1. The van der Waals surface area contributed by atoms with E-state index in [0.29, 0.717) is 5.56 Å². The predicted molar refractivity (Wildman–Crippen MR) is 117 cm³/mol. The number of Topliss-reactive ketones (excluding diaryl/α,β-unsaturated/α-hetero) is 1. The molecule has 0 aliphatic rings. The second kappa shape index (κ2) is 15.1. The number of carboxylic acids is 1. The summed E-state index contributed by atoms with van der Waals surface area (Å²) in [6.45, 7) is 3.80. The van der Waals surface area contributed by atoms with Gasteiger partial charge in [0.15, 0.2) is 5.78 Å². The number of unbranched alkanes of at least 4 members (excludes halogenated alkanes) is 11. The number of allylic oxidation sites excluding steroid dienone is 1. The van der Waals surface area contributed by atoms with Crippen LogP contribution in [0.4, 0.5) is 0 Å². The zero-order valence-electron chi connectivity index (χ0n) is 17.8. The van der Waals surface area contributed by atoms with E-state index >= 15 is 0 Å². The summed E-state index contributed by atoms with van der Waals surface area (Å²) in [5.41, 5.74) is 2.04. The molecule has 0 aliphatic carbocycles. The molecule has 1 rings (SSSR count). The van der Waals surface area contributed by atoms with Gasteiger partial charge in [-0.2, -0.15) is 0 Å². The van der Waals surface area contributed by atoms with Crippen molar-refractivity contribution in [2.75, 3.05) is 0 Å². The largest absolute Gasteiger partial charge is 0.478 e. The molecule has 0 aromatic heterocycles. The highest BCUT2D eigenvalue weighted by molar-refractivity contribution is 6.10. The lowest BCUT2D eigenvalue weighted by Crippen LogP contribution is -2.03. The number of aliphatic carboxylic acids is 1. The van der Waals surface area contributed by atoms with E-state index in [1.54, 1.807) is 12.1 Å². The maximum atomic E-state index is 12.1. The fourth-order valence-corrected chi connectivity index (χ4v) is 3.47. The van der Waals surface area contributed by atoms with Crippen LogP contribution >= 0.6 is 0 Å². The normalized spacial score (nSPS) is 11.6. The molecule has 0 saturated heterocycles. The van der Waals surface area contributed by atoms with E-state index in [2.05, 4.69) is 6.92 Å². The maximum absolute atomic E-state index is 12.1. The fraction of sp³-hybridized carbons (Fsp3) is 0.600. The standard InChI is InChI=1S/C25H38O3/c1-3-4-5-6-7-8-9-10-11-12-13-14-15-22-16-18-23(19-17-22)25(28)21(2)20-24(26)27/h16-20H,3-15H2,1-2H3,(H,26,27). The van der Waals surface area contributed by atoms with Crippen molar-refractivity contribution in [1.82, 2.24) is 0 Å². The molecular formula is C25H38O3. The van der Waals surface area contributed by atoms with Crippen molar-refractivity contribution in [3.8, 4) is 0 Å². The molecule has 28 heavy (non-hydrogen) atoms. The van der Waals surface area contributed by atoms with Gasteiger partial charge in [-0.05, 0) is 25.3 Å². The Hall–Kier alpha value is -1.90. The van der Waals surface area contributed by atoms with Crippen LogP contribution in [-0.2, 0) is 11.2 Å². The van der Waals surface area contributed by atoms with Gasteiger partial charge in [-0.15, -0.1) is 0 Å². The minimum Gasteiger partial charge on any atom is -0.478 e. The molecule has 0 fully saturated rings. The van der Waals surface area contributed by atoms with Crippen molar-refractivity contribution in [1.29, 1.82) is 0 Å². The second-order valence-corrected chi connectivity index (χ2v) is 7.83. The smallest absolute Gasteiger partial charge is 0.328 e. The third-order valence-corrected chi connectivity index (χ3v) is 5.23. The Kier molecular flexibility index (Phi) is 13.0. The lowest BCUT2D eigenvalue weighted by Gasteiger charge is -2.05. The number of ketones is 1. The first kappa shape index (κ1) is 24.1. The van der Waals surface area contributed by atoms with Gasteiger partial charge >= 0.3 is 5.97 Å². The first-order valence-corrected chi connectivity index (χ1v) is 11.1. The Labute approximate surface area is 171 Å². The molecule has 0 amide bonds. The SMILES string of the molecule is CCCCCCCCCCCCCCc1ccc(C(=O)C(C)=CC(=O)O)cc1. The average Bonchev–Trinajstić information content (AvgIpc) is 2.68. The van der Waals surface area contributed by atoms with E-state index in [1.807, 2.05) is 12.1 Å². The van der Waals surface area contributed by atoms with Crippen LogP contribution in [0.15, 0.2) is 35.9 Å². The van der Waals surface area contributed by atoms with Crippen molar-refractivity contribution < 1.29 is 14.7 Å². The van der Waals surface area contributed by atoms with Gasteiger partial charge in [-0.25, -0.2) is 4.79 Å². The van der Waals surface area contributed by atoms with E-state index in [4.69, 9.17) is 5.11 Å². The van der Waals surface area contributed by atoms with E-state index in [0.717, 1.165) is 12.5 Å². The van der Waals surface area contributed by atoms with E-state index in [9.17, 15) is 9.59 Å². The van der Waals surface area contributed by atoms with Gasteiger partial charge < -0.3 is 5.11 Å². The first-order valence-electron chi connectivity index (χ1n) is 11.1. The molecule has 0 unspecified atom stereocenters. The highest BCUT2D eigenvalue weighted by Crippen LogP contribution is 2.15. The van der Waals surface area contributed by atoms with Gasteiger partial charge in [0, 0.05) is 17.2 Å². The Morgan fingerprint density at radius 3 is 1.71 bits per heavy atom. The molecule has 0 atom stereocenters. The van der Waals surface area contributed by atoms with E-state index in [1.165, 1.54) is 89.5 Å². The van der Waals surface area contributed by atoms with Crippen LogP contribution in [0.3, 0.4) is 0 Å². The van der Waals surface area contributed by atoms with Crippen LogP contribution < -0.4 is 0 Å². The van der Waals surface area contributed by atoms with Crippen molar-refractivity contribution in [2.24, 2.45) is 0 Å². The minimum absolute atomic E-state index is 0.223. The molecular weight excluding hydrogens is 348 g/mol. The number of rotatable bonds is 16. The van der Waals surface area contributed by atoms with Crippen LogP contribution in [0.2, 0.25) is 0 Å². The topological polar surface area (TPSA) is 54.4 Å². The molecule has 3 nitrogen and oxygen atoms in total. The highest BCUT2D eigenvalue weighted by Gasteiger charge is 2.09. The highest BCUT2D eigenvalue weighted by atomic mass is 16.4. The number of carbonyl (C=O) groups excluding carboxylic acids is 1. The lowest BCUT2D eigenvalue weighted by molar-refractivity contribution is -0.131. The van der Waals surface area contributed by atoms with E-state index < -0.39 is 5.97 Å². The predicted octanol–water partition coefficient (Wildman–Crippen LogP) is 7.14. The van der Waals surface area contributed by atoms with E-state index in [-0.39, 0.29) is 11.4 Å². The average molecular weight is 387 g/mol. The third kappa shape index (κ3) is 11.1. The van der Waals surface area contributed by atoms with Crippen molar-refractivity contribution in [3.63, 3.8) is 0 Å². The van der Waals surface area contributed by atoms with Gasteiger partial charge in [0.1, 0.15) is 0 Å². The summed E-state index contributed by atoms with van der Waals surface area (Å²) in [5.74, 6) is -1.31. The van der Waals surface area contributed by atoms with Gasteiger partial charge in [0.25, 0.3) is 0 Å². The number of carbonyl (C=O) groups is 2. The molecule has 1 aromatic carbocycles. The Balaban J connectivity index is 2.12. The Morgan fingerprint density at radius 2 is 1.25 bits per heavy atom. The quantitative estimate of drug-likeness (QED) is 0.186. The van der Waals surface area contributed by atoms with Crippen LogP contribution in [0.25, 0.3) is 0 Å². The molecule has 156 valence electrons. The fourth-order valence-electron chi connectivity index (χ4n) is 3.47. The summed E-state index contributed by atoms with van der Waals surface area (Å²) >= 11 is 0. The summed E-state index contributed by atoms with van der Waals surface area (Å²) in [5, 5.41) is 8.74. The zero-order chi connectivity index (χ0) is 20.6. The van der Waals surface area contributed by atoms with Crippen LogP contribution in [-0.4, -0.2) is 16.9 Å². The Bertz CT molecular complexity index is 599. The number of hydrogen-bond acceptors (Lipinski definition) is 2. The van der Waals surface area contributed by atoms with Gasteiger partial charge in [-0.1, -0.05) is 102 Å².